The molecule has 1 heterocycles. The molecule has 160 valence electrons. The van der Waals surface area contributed by atoms with Gasteiger partial charge >= 0.3 is 0 Å². The van der Waals surface area contributed by atoms with Crippen LogP contribution in [-0.2, 0) is 16.6 Å². The standard InChI is InChI=1S/C24H25N3O3S/c1-16-6-5-7-19(12-16)14-27-15-25-24-22(27)13-17(2)18(3)23(24)26-31(28,29)21-10-8-20(30-4)9-11-21/h5-13,15,26H,14H2,1-4H3. The van der Waals surface area contributed by atoms with Crippen LogP contribution in [0.2, 0.25) is 0 Å². The van der Waals surface area contributed by atoms with Gasteiger partial charge in [-0.2, -0.15) is 0 Å². The van der Waals surface area contributed by atoms with Gasteiger partial charge < -0.3 is 9.30 Å². The van der Waals surface area contributed by atoms with E-state index in [4.69, 9.17) is 4.74 Å². The highest BCUT2D eigenvalue weighted by Gasteiger charge is 2.20. The molecule has 0 amide bonds. The van der Waals surface area contributed by atoms with Crippen LogP contribution in [0.15, 0.2) is 65.8 Å². The first kappa shape index (κ1) is 20.9. The van der Waals surface area contributed by atoms with E-state index in [1.807, 2.05) is 24.5 Å². The first-order valence-corrected chi connectivity index (χ1v) is 11.4. The van der Waals surface area contributed by atoms with E-state index in [1.54, 1.807) is 25.6 Å². The quantitative estimate of drug-likeness (QED) is 0.471. The molecule has 0 aliphatic carbocycles. The summed E-state index contributed by atoms with van der Waals surface area (Å²) in [5, 5.41) is 0. The number of ether oxygens (including phenoxy) is 1. The number of fused-ring (bicyclic) bond motifs is 1. The van der Waals surface area contributed by atoms with Gasteiger partial charge in [-0.1, -0.05) is 29.8 Å². The van der Waals surface area contributed by atoms with Gasteiger partial charge in [-0.3, -0.25) is 4.72 Å². The topological polar surface area (TPSA) is 73.2 Å². The molecule has 1 aromatic heterocycles. The average Bonchev–Trinajstić information content (AvgIpc) is 3.13. The number of aromatic nitrogens is 2. The molecule has 1 N–H and O–H groups in total. The third-order valence-corrected chi connectivity index (χ3v) is 6.84. The summed E-state index contributed by atoms with van der Waals surface area (Å²) in [6, 6.07) is 16.7. The Kier molecular flexibility index (Phi) is 5.45. The van der Waals surface area contributed by atoms with Crippen molar-refractivity contribution in [3.05, 3.63) is 83.2 Å². The van der Waals surface area contributed by atoms with Crippen LogP contribution in [0.25, 0.3) is 11.0 Å². The summed E-state index contributed by atoms with van der Waals surface area (Å²) in [6.07, 6.45) is 1.76. The van der Waals surface area contributed by atoms with Gasteiger partial charge in [0.1, 0.15) is 11.3 Å². The van der Waals surface area contributed by atoms with E-state index in [0.29, 0.717) is 23.5 Å². The van der Waals surface area contributed by atoms with Crippen LogP contribution in [0.5, 0.6) is 5.75 Å². The number of benzene rings is 3. The van der Waals surface area contributed by atoms with E-state index in [2.05, 4.69) is 40.9 Å². The number of methoxy groups -OCH3 is 1. The number of nitrogens with one attached hydrogen (secondary N) is 1. The third kappa shape index (κ3) is 4.14. The molecule has 31 heavy (non-hydrogen) atoms. The fraction of sp³-hybridized carbons (Fsp3) is 0.208. The van der Waals surface area contributed by atoms with E-state index >= 15 is 0 Å². The molecule has 4 rings (SSSR count). The molecule has 0 aliphatic rings. The van der Waals surface area contributed by atoms with Gasteiger partial charge in [0.15, 0.2) is 0 Å². The van der Waals surface area contributed by atoms with E-state index in [9.17, 15) is 8.42 Å². The lowest BCUT2D eigenvalue weighted by atomic mass is 10.1. The monoisotopic (exact) mass is 435 g/mol. The first-order valence-electron chi connectivity index (χ1n) is 9.96. The van der Waals surface area contributed by atoms with E-state index in [1.165, 1.54) is 17.7 Å². The van der Waals surface area contributed by atoms with E-state index in [-0.39, 0.29) is 4.90 Å². The van der Waals surface area contributed by atoms with Crippen molar-refractivity contribution in [3.63, 3.8) is 0 Å². The number of sulfonamides is 1. The van der Waals surface area contributed by atoms with Crippen LogP contribution in [0.3, 0.4) is 0 Å². The maximum absolute atomic E-state index is 13.1. The van der Waals surface area contributed by atoms with Crippen molar-refractivity contribution in [1.29, 1.82) is 0 Å². The molecule has 0 saturated carbocycles. The fourth-order valence-electron chi connectivity index (χ4n) is 3.63. The zero-order chi connectivity index (χ0) is 22.2. The minimum atomic E-state index is -3.78. The van der Waals surface area contributed by atoms with E-state index < -0.39 is 10.0 Å². The molecule has 3 aromatic carbocycles. The lowest BCUT2D eigenvalue weighted by Gasteiger charge is -2.14. The van der Waals surface area contributed by atoms with E-state index in [0.717, 1.165) is 22.2 Å². The molecule has 4 aromatic rings. The minimum absolute atomic E-state index is 0.168. The number of nitrogens with zero attached hydrogens (tertiary/aromatic N) is 2. The summed E-state index contributed by atoms with van der Waals surface area (Å²) in [4.78, 5) is 4.73. The van der Waals surface area contributed by atoms with Crippen LogP contribution in [-0.4, -0.2) is 25.1 Å². The van der Waals surface area contributed by atoms with Crippen molar-refractivity contribution in [2.75, 3.05) is 11.8 Å². The second-order valence-electron chi connectivity index (χ2n) is 7.70. The fourth-order valence-corrected chi connectivity index (χ4v) is 4.76. The lowest BCUT2D eigenvalue weighted by Crippen LogP contribution is -2.14. The number of imidazole rings is 1. The van der Waals surface area contributed by atoms with Crippen molar-refractivity contribution in [3.8, 4) is 5.75 Å². The van der Waals surface area contributed by atoms with Crippen LogP contribution < -0.4 is 9.46 Å². The van der Waals surface area contributed by atoms with Crippen LogP contribution in [0.4, 0.5) is 5.69 Å². The molecule has 0 aliphatic heterocycles. The molecule has 0 fully saturated rings. The SMILES string of the molecule is COc1ccc(S(=O)(=O)Nc2c(C)c(C)cc3c2ncn3Cc2cccc(C)c2)cc1. The highest BCUT2D eigenvalue weighted by Crippen LogP contribution is 2.31. The van der Waals surface area contributed by atoms with Crippen molar-refractivity contribution in [2.45, 2.75) is 32.2 Å². The smallest absolute Gasteiger partial charge is 0.261 e. The third-order valence-electron chi connectivity index (χ3n) is 5.48. The Labute approximate surface area is 182 Å². The van der Waals surface area contributed by atoms with Crippen molar-refractivity contribution < 1.29 is 13.2 Å². The number of aryl methyl sites for hydroxylation is 2. The molecule has 0 bridgehead atoms. The second kappa shape index (κ2) is 8.07. The summed E-state index contributed by atoms with van der Waals surface area (Å²) in [7, 11) is -2.24. The normalized spacial score (nSPS) is 11.6. The molecule has 0 radical (unpaired) electrons. The van der Waals surface area contributed by atoms with Gasteiger partial charge in [0, 0.05) is 6.54 Å². The predicted molar refractivity (Wildman–Crippen MR) is 123 cm³/mol. The van der Waals surface area contributed by atoms with Gasteiger partial charge in [-0.25, -0.2) is 13.4 Å². The zero-order valence-corrected chi connectivity index (χ0v) is 18.8. The van der Waals surface area contributed by atoms with Crippen molar-refractivity contribution in [1.82, 2.24) is 9.55 Å². The molecule has 0 saturated heterocycles. The number of anilines is 1. The van der Waals surface area contributed by atoms with Gasteiger partial charge in [0.2, 0.25) is 0 Å². The van der Waals surface area contributed by atoms with Gasteiger partial charge in [0.05, 0.1) is 29.5 Å². The van der Waals surface area contributed by atoms with Crippen molar-refractivity contribution >= 4 is 26.7 Å². The Morgan fingerprint density at radius 1 is 1.03 bits per heavy atom. The zero-order valence-electron chi connectivity index (χ0n) is 18.0. The van der Waals surface area contributed by atoms with Gasteiger partial charge in [-0.05, 0) is 67.8 Å². The summed E-state index contributed by atoms with van der Waals surface area (Å²) >= 11 is 0. The molecule has 6 nitrogen and oxygen atoms in total. The molecular formula is C24H25N3O3S. The highest BCUT2D eigenvalue weighted by molar-refractivity contribution is 7.92. The number of hydrogen-bond acceptors (Lipinski definition) is 4. The molecule has 0 spiro atoms. The Balaban J connectivity index is 1.75. The Morgan fingerprint density at radius 2 is 1.77 bits per heavy atom. The lowest BCUT2D eigenvalue weighted by molar-refractivity contribution is 0.414. The Hall–Kier alpha value is -3.32. The maximum Gasteiger partial charge on any atom is 0.261 e. The number of rotatable bonds is 6. The highest BCUT2D eigenvalue weighted by atomic mass is 32.2. The van der Waals surface area contributed by atoms with Crippen LogP contribution in [0.1, 0.15) is 22.3 Å². The predicted octanol–water partition coefficient (Wildman–Crippen LogP) is 4.82. The molecule has 7 heteroatoms. The molecule has 0 atom stereocenters. The minimum Gasteiger partial charge on any atom is -0.497 e. The van der Waals surface area contributed by atoms with Gasteiger partial charge in [-0.15, -0.1) is 0 Å². The average molecular weight is 436 g/mol. The summed E-state index contributed by atoms with van der Waals surface area (Å²) in [6.45, 7) is 6.60. The second-order valence-corrected chi connectivity index (χ2v) is 9.39. The van der Waals surface area contributed by atoms with Crippen LogP contribution >= 0.6 is 0 Å². The number of hydrogen-bond donors (Lipinski definition) is 1. The summed E-state index contributed by atoms with van der Waals surface area (Å²) in [5.74, 6) is 0.600. The van der Waals surface area contributed by atoms with Crippen molar-refractivity contribution in [2.24, 2.45) is 0 Å². The summed E-state index contributed by atoms with van der Waals surface area (Å²) < 4.78 is 36.0. The molecule has 0 unspecified atom stereocenters. The Bertz CT molecular complexity index is 1360. The maximum atomic E-state index is 13.1. The largest absolute Gasteiger partial charge is 0.497 e. The Morgan fingerprint density at radius 3 is 2.45 bits per heavy atom. The van der Waals surface area contributed by atoms with Gasteiger partial charge in [0.25, 0.3) is 10.0 Å². The first-order chi connectivity index (χ1) is 14.8. The summed E-state index contributed by atoms with van der Waals surface area (Å²) in [5.41, 5.74) is 6.23. The van der Waals surface area contributed by atoms with Crippen LogP contribution in [0, 0.1) is 20.8 Å². The molecular weight excluding hydrogens is 410 g/mol.